The van der Waals surface area contributed by atoms with E-state index in [0.29, 0.717) is 11.3 Å². The Balaban J connectivity index is 2.15. The molecule has 0 saturated heterocycles. The number of hydrogen-bond acceptors (Lipinski definition) is 2. The monoisotopic (exact) mass is 232 g/mol. The van der Waals surface area contributed by atoms with E-state index in [1.165, 1.54) is 6.07 Å². The minimum Gasteiger partial charge on any atom is -0.292 e. The van der Waals surface area contributed by atoms with Crippen molar-refractivity contribution >= 4 is 5.78 Å². The Morgan fingerprint density at radius 2 is 2.18 bits per heavy atom. The average Bonchev–Trinajstić information content (AvgIpc) is 2.70. The van der Waals surface area contributed by atoms with Crippen molar-refractivity contribution in [2.45, 2.75) is 13.3 Å². The predicted molar refractivity (Wildman–Crippen MR) is 62.4 cm³/mol. The maximum Gasteiger partial charge on any atom is 0.187 e. The molecule has 0 fully saturated rings. The van der Waals surface area contributed by atoms with Crippen LogP contribution < -0.4 is 0 Å². The molecule has 2 rings (SSSR count). The second-order valence-corrected chi connectivity index (χ2v) is 4.06. The molecule has 0 aliphatic rings. The summed E-state index contributed by atoms with van der Waals surface area (Å²) in [6.07, 6.45) is 1.97. The summed E-state index contributed by atoms with van der Waals surface area (Å²) in [6, 6.07) is 6.38. The number of carbonyl (C=O) groups excluding carboxylic acids is 1. The van der Waals surface area contributed by atoms with Gasteiger partial charge in [-0.15, -0.1) is 0 Å². The van der Waals surface area contributed by atoms with Crippen molar-refractivity contribution in [3.05, 3.63) is 53.1 Å². The van der Waals surface area contributed by atoms with Crippen LogP contribution in [0, 0.1) is 12.7 Å². The van der Waals surface area contributed by atoms with Crippen LogP contribution in [-0.4, -0.2) is 15.6 Å². The van der Waals surface area contributed by atoms with E-state index in [0.717, 1.165) is 5.56 Å². The molecule has 0 spiro atoms. The Morgan fingerprint density at radius 3 is 2.76 bits per heavy atom. The van der Waals surface area contributed by atoms with E-state index in [1.54, 1.807) is 43.0 Å². The highest BCUT2D eigenvalue weighted by Gasteiger charge is 2.10. The van der Waals surface area contributed by atoms with Gasteiger partial charge >= 0.3 is 0 Å². The van der Waals surface area contributed by atoms with Gasteiger partial charge in [0.2, 0.25) is 0 Å². The first-order valence-corrected chi connectivity index (χ1v) is 5.34. The van der Waals surface area contributed by atoms with Crippen molar-refractivity contribution in [2.75, 3.05) is 0 Å². The van der Waals surface area contributed by atoms with Crippen molar-refractivity contribution in [1.82, 2.24) is 9.78 Å². The molecule has 0 radical (unpaired) electrons. The van der Waals surface area contributed by atoms with Gasteiger partial charge in [0.15, 0.2) is 5.78 Å². The number of benzene rings is 1. The van der Waals surface area contributed by atoms with Crippen molar-refractivity contribution in [2.24, 2.45) is 7.05 Å². The van der Waals surface area contributed by atoms with Crippen molar-refractivity contribution in [3.63, 3.8) is 0 Å². The largest absolute Gasteiger partial charge is 0.292 e. The number of aromatic nitrogens is 2. The second-order valence-electron chi connectivity index (χ2n) is 4.06. The van der Waals surface area contributed by atoms with Crippen LogP contribution in [0.15, 0.2) is 30.5 Å². The van der Waals surface area contributed by atoms with Crippen LogP contribution in [0.1, 0.15) is 21.6 Å². The minimum atomic E-state index is -0.251. The van der Waals surface area contributed by atoms with E-state index in [1.807, 2.05) is 0 Å². The maximum atomic E-state index is 13.1. The van der Waals surface area contributed by atoms with Gasteiger partial charge in [0.25, 0.3) is 0 Å². The highest BCUT2D eigenvalue weighted by molar-refractivity contribution is 5.95. The van der Waals surface area contributed by atoms with Crippen LogP contribution in [0.3, 0.4) is 0 Å². The van der Waals surface area contributed by atoms with Crippen LogP contribution in [0.4, 0.5) is 4.39 Å². The van der Waals surface area contributed by atoms with Gasteiger partial charge in [0.1, 0.15) is 11.5 Å². The van der Waals surface area contributed by atoms with E-state index in [9.17, 15) is 9.18 Å². The van der Waals surface area contributed by atoms with Gasteiger partial charge in [-0.25, -0.2) is 4.39 Å². The normalized spacial score (nSPS) is 10.5. The van der Waals surface area contributed by atoms with Crippen LogP contribution >= 0.6 is 0 Å². The summed E-state index contributed by atoms with van der Waals surface area (Å²) in [4.78, 5) is 11.9. The van der Waals surface area contributed by atoms with E-state index in [-0.39, 0.29) is 18.0 Å². The van der Waals surface area contributed by atoms with Crippen molar-refractivity contribution in [3.8, 4) is 0 Å². The van der Waals surface area contributed by atoms with Crippen LogP contribution in [0.5, 0.6) is 0 Å². The number of hydrogen-bond donors (Lipinski definition) is 0. The number of ketones is 1. The molecular weight excluding hydrogens is 219 g/mol. The smallest absolute Gasteiger partial charge is 0.187 e. The molecule has 4 heteroatoms. The van der Waals surface area contributed by atoms with E-state index in [2.05, 4.69) is 5.10 Å². The lowest BCUT2D eigenvalue weighted by Crippen LogP contribution is -2.05. The van der Waals surface area contributed by atoms with E-state index >= 15 is 0 Å². The molecule has 1 aromatic carbocycles. The van der Waals surface area contributed by atoms with Crippen molar-refractivity contribution in [1.29, 1.82) is 0 Å². The summed E-state index contributed by atoms with van der Waals surface area (Å²) in [5.74, 6) is -0.310. The topological polar surface area (TPSA) is 34.9 Å². The van der Waals surface area contributed by atoms with Crippen LogP contribution in [0.25, 0.3) is 0 Å². The quantitative estimate of drug-likeness (QED) is 0.761. The number of Topliss-reactive ketones (excluding diaryl/α,β-unsaturated/α-hetero) is 1. The predicted octanol–water partition coefficient (Wildman–Crippen LogP) is 2.29. The molecule has 2 aromatic rings. The Bertz CT molecular complexity index is 560. The Labute approximate surface area is 98.9 Å². The molecule has 3 nitrogen and oxygen atoms in total. The van der Waals surface area contributed by atoms with Gasteiger partial charge in [-0.1, -0.05) is 12.1 Å². The Hall–Kier alpha value is -1.97. The molecule has 0 bridgehead atoms. The lowest BCUT2D eigenvalue weighted by Gasteiger charge is -2.01. The molecule has 0 aliphatic heterocycles. The SMILES string of the molecule is Cc1cc(CC(=O)c2ccn(C)n2)ccc1F. The first kappa shape index (κ1) is 11.5. The van der Waals surface area contributed by atoms with Gasteiger partial charge < -0.3 is 0 Å². The molecule has 17 heavy (non-hydrogen) atoms. The van der Waals surface area contributed by atoms with E-state index in [4.69, 9.17) is 0 Å². The number of halogens is 1. The third kappa shape index (κ3) is 2.58. The molecule has 1 aromatic heterocycles. The first-order chi connectivity index (χ1) is 8.06. The first-order valence-electron chi connectivity index (χ1n) is 5.34. The standard InChI is InChI=1S/C13H13FN2O/c1-9-7-10(3-4-11(9)14)8-13(17)12-5-6-16(2)15-12/h3-7H,8H2,1-2H3. The number of nitrogens with zero attached hydrogens (tertiary/aromatic N) is 2. The number of rotatable bonds is 3. The molecule has 0 amide bonds. The molecule has 0 aliphatic carbocycles. The zero-order valence-corrected chi connectivity index (χ0v) is 9.77. The summed E-state index contributed by atoms with van der Waals surface area (Å²) < 4.78 is 14.6. The number of carbonyl (C=O) groups is 1. The molecule has 0 unspecified atom stereocenters. The van der Waals surface area contributed by atoms with Gasteiger partial charge in [-0.3, -0.25) is 9.48 Å². The number of aryl methyl sites for hydroxylation is 2. The fourth-order valence-corrected chi connectivity index (χ4v) is 1.66. The Kier molecular flexibility index (Phi) is 3.04. The molecular formula is C13H13FN2O. The lowest BCUT2D eigenvalue weighted by molar-refractivity contribution is 0.0987. The summed E-state index contributed by atoms with van der Waals surface area (Å²) in [5, 5.41) is 4.04. The van der Waals surface area contributed by atoms with Gasteiger partial charge in [-0.2, -0.15) is 5.10 Å². The maximum absolute atomic E-state index is 13.1. The Morgan fingerprint density at radius 1 is 1.41 bits per heavy atom. The van der Waals surface area contributed by atoms with E-state index < -0.39 is 0 Å². The summed E-state index contributed by atoms with van der Waals surface area (Å²) >= 11 is 0. The fraction of sp³-hybridized carbons (Fsp3) is 0.231. The minimum absolute atomic E-state index is 0.0587. The average molecular weight is 232 g/mol. The third-order valence-corrected chi connectivity index (χ3v) is 2.59. The zero-order valence-electron chi connectivity index (χ0n) is 9.77. The summed E-state index contributed by atoms with van der Waals surface area (Å²) in [5.41, 5.74) is 1.80. The molecule has 0 atom stereocenters. The molecule has 0 N–H and O–H groups in total. The molecule has 1 heterocycles. The molecule has 88 valence electrons. The fourth-order valence-electron chi connectivity index (χ4n) is 1.66. The highest BCUT2D eigenvalue weighted by Crippen LogP contribution is 2.11. The van der Waals surface area contributed by atoms with Gasteiger partial charge in [0, 0.05) is 19.7 Å². The highest BCUT2D eigenvalue weighted by atomic mass is 19.1. The summed E-state index contributed by atoms with van der Waals surface area (Å²) in [7, 11) is 1.76. The van der Waals surface area contributed by atoms with Crippen LogP contribution in [0.2, 0.25) is 0 Å². The zero-order chi connectivity index (χ0) is 12.4. The second kappa shape index (κ2) is 4.49. The van der Waals surface area contributed by atoms with Gasteiger partial charge in [0.05, 0.1) is 0 Å². The van der Waals surface area contributed by atoms with Crippen LogP contribution in [-0.2, 0) is 13.5 Å². The molecule has 0 saturated carbocycles. The summed E-state index contributed by atoms with van der Waals surface area (Å²) in [6.45, 7) is 1.68. The lowest BCUT2D eigenvalue weighted by atomic mass is 10.0. The van der Waals surface area contributed by atoms with Gasteiger partial charge in [-0.05, 0) is 30.2 Å². The van der Waals surface area contributed by atoms with Crippen molar-refractivity contribution < 1.29 is 9.18 Å². The third-order valence-electron chi connectivity index (χ3n) is 2.59.